The summed E-state index contributed by atoms with van der Waals surface area (Å²) in [5.74, 6) is 0.0285. The number of aromatic nitrogens is 2. The average Bonchev–Trinajstić information content (AvgIpc) is 2.94. The minimum atomic E-state index is -0.532. The fraction of sp³-hybridized carbons (Fsp3) is 0.450. The highest BCUT2D eigenvalue weighted by molar-refractivity contribution is 6.00. The van der Waals surface area contributed by atoms with Crippen molar-refractivity contribution in [3.8, 4) is 5.75 Å². The number of esters is 1. The number of rotatable bonds is 6. The van der Waals surface area contributed by atoms with Crippen molar-refractivity contribution in [3.05, 3.63) is 41.1 Å². The molecule has 7 nitrogen and oxygen atoms in total. The highest BCUT2D eigenvalue weighted by atomic mass is 16.5. The topological polar surface area (TPSA) is 82.5 Å². The fourth-order valence-corrected chi connectivity index (χ4v) is 2.61. The van der Waals surface area contributed by atoms with Crippen LogP contribution >= 0.6 is 0 Å². The maximum absolute atomic E-state index is 12.4. The number of amides is 1. The van der Waals surface area contributed by atoms with Gasteiger partial charge in [-0.1, -0.05) is 38.5 Å². The summed E-state index contributed by atoms with van der Waals surface area (Å²) in [6, 6.07) is 5.88. The number of aryl methyl sites for hydroxylation is 2. The standard InChI is InChI=1S/C20H27N3O4/c1-7-26-19(25)14-11-21-23(6)18(14)22-17(24)12-27-16-9-8-13(2)10-15(16)20(3,4)5/h8-11H,7,12H2,1-6H3,(H,22,24). The van der Waals surface area contributed by atoms with E-state index in [-0.39, 0.29) is 35.9 Å². The number of hydrogen-bond acceptors (Lipinski definition) is 5. The lowest BCUT2D eigenvalue weighted by molar-refractivity contribution is -0.118. The minimum Gasteiger partial charge on any atom is -0.483 e. The van der Waals surface area contributed by atoms with Crippen LogP contribution in [0.1, 0.15) is 49.2 Å². The SMILES string of the molecule is CCOC(=O)c1cnn(C)c1NC(=O)COc1ccc(C)cc1C(C)(C)C. The quantitative estimate of drug-likeness (QED) is 0.786. The van der Waals surface area contributed by atoms with Crippen LogP contribution in [0.5, 0.6) is 5.75 Å². The van der Waals surface area contributed by atoms with E-state index in [9.17, 15) is 9.59 Å². The summed E-state index contributed by atoms with van der Waals surface area (Å²) in [6.07, 6.45) is 1.37. The van der Waals surface area contributed by atoms with Gasteiger partial charge in [0.1, 0.15) is 17.1 Å². The van der Waals surface area contributed by atoms with Gasteiger partial charge in [-0.3, -0.25) is 9.48 Å². The number of hydrogen-bond donors (Lipinski definition) is 1. The third-order valence-corrected chi connectivity index (χ3v) is 3.99. The Kier molecular flexibility index (Phi) is 6.25. The Labute approximate surface area is 159 Å². The molecule has 2 rings (SSSR count). The Morgan fingerprint density at radius 3 is 2.59 bits per heavy atom. The molecule has 1 aromatic heterocycles. The number of carbonyl (C=O) groups is 2. The molecule has 27 heavy (non-hydrogen) atoms. The van der Waals surface area contributed by atoms with Gasteiger partial charge in [-0.2, -0.15) is 5.10 Å². The van der Waals surface area contributed by atoms with Crippen molar-refractivity contribution in [3.63, 3.8) is 0 Å². The van der Waals surface area contributed by atoms with E-state index in [2.05, 4.69) is 37.3 Å². The number of anilines is 1. The molecule has 1 amide bonds. The van der Waals surface area contributed by atoms with Crippen molar-refractivity contribution in [2.45, 2.75) is 40.0 Å². The third-order valence-electron chi connectivity index (χ3n) is 3.99. The number of ether oxygens (including phenoxy) is 2. The molecule has 2 aromatic rings. The van der Waals surface area contributed by atoms with Crippen LogP contribution in [-0.4, -0.2) is 34.9 Å². The zero-order chi connectivity index (χ0) is 20.2. The molecule has 0 atom stereocenters. The highest BCUT2D eigenvalue weighted by Crippen LogP contribution is 2.32. The summed E-state index contributed by atoms with van der Waals surface area (Å²) >= 11 is 0. The summed E-state index contributed by atoms with van der Waals surface area (Å²) in [4.78, 5) is 24.3. The van der Waals surface area contributed by atoms with E-state index in [4.69, 9.17) is 9.47 Å². The second-order valence-corrected chi connectivity index (χ2v) is 7.34. The van der Waals surface area contributed by atoms with Crippen molar-refractivity contribution in [1.29, 1.82) is 0 Å². The number of carbonyl (C=O) groups excluding carboxylic acids is 2. The van der Waals surface area contributed by atoms with E-state index in [1.807, 2.05) is 19.1 Å². The van der Waals surface area contributed by atoms with Crippen LogP contribution in [0.25, 0.3) is 0 Å². The van der Waals surface area contributed by atoms with Crippen LogP contribution < -0.4 is 10.1 Å². The molecule has 7 heteroatoms. The molecule has 1 heterocycles. The minimum absolute atomic E-state index is 0.114. The monoisotopic (exact) mass is 373 g/mol. The Bertz CT molecular complexity index is 834. The van der Waals surface area contributed by atoms with Gasteiger partial charge in [-0.15, -0.1) is 0 Å². The van der Waals surface area contributed by atoms with Crippen LogP contribution in [-0.2, 0) is 22.0 Å². The summed E-state index contributed by atoms with van der Waals surface area (Å²) in [5.41, 5.74) is 2.25. The maximum atomic E-state index is 12.4. The molecule has 0 aliphatic heterocycles. The molecule has 0 aliphatic rings. The van der Waals surface area contributed by atoms with E-state index in [0.29, 0.717) is 5.75 Å². The zero-order valence-electron chi connectivity index (χ0n) is 16.8. The average molecular weight is 373 g/mol. The first-order valence-electron chi connectivity index (χ1n) is 8.86. The van der Waals surface area contributed by atoms with Gasteiger partial charge in [0, 0.05) is 7.05 Å². The summed E-state index contributed by atoms with van der Waals surface area (Å²) in [5, 5.41) is 6.68. The first kappa shape index (κ1) is 20.5. The van der Waals surface area contributed by atoms with Crippen molar-refractivity contribution in [2.24, 2.45) is 7.05 Å². The lowest BCUT2D eigenvalue weighted by Gasteiger charge is -2.23. The van der Waals surface area contributed by atoms with Gasteiger partial charge in [0.25, 0.3) is 5.91 Å². The lowest BCUT2D eigenvalue weighted by atomic mass is 9.85. The third kappa shape index (κ3) is 5.09. The van der Waals surface area contributed by atoms with Crippen LogP contribution in [0, 0.1) is 6.92 Å². The molecular weight excluding hydrogens is 346 g/mol. The first-order valence-corrected chi connectivity index (χ1v) is 8.86. The fourth-order valence-electron chi connectivity index (χ4n) is 2.61. The largest absolute Gasteiger partial charge is 0.483 e. The van der Waals surface area contributed by atoms with E-state index in [1.54, 1.807) is 14.0 Å². The maximum Gasteiger partial charge on any atom is 0.343 e. The summed E-state index contributed by atoms with van der Waals surface area (Å²) < 4.78 is 12.2. The summed E-state index contributed by atoms with van der Waals surface area (Å²) in [7, 11) is 1.64. The molecule has 0 saturated heterocycles. The van der Waals surface area contributed by atoms with Gasteiger partial charge in [-0.05, 0) is 30.9 Å². The molecular formula is C20H27N3O4. The lowest BCUT2D eigenvalue weighted by Crippen LogP contribution is -2.24. The number of nitrogens with one attached hydrogen (secondary N) is 1. The van der Waals surface area contributed by atoms with Gasteiger partial charge in [0.05, 0.1) is 12.8 Å². The molecule has 0 aliphatic carbocycles. The predicted molar refractivity (Wildman–Crippen MR) is 103 cm³/mol. The van der Waals surface area contributed by atoms with Crippen LogP contribution in [0.15, 0.2) is 24.4 Å². The predicted octanol–water partition coefficient (Wildman–Crippen LogP) is 3.22. The van der Waals surface area contributed by atoms with E-state index in [1.165, 1.54) is 10.9 Å². The molecule has 146 valence electrons. The smallest absolute Gasteiger partial charge is 0.343 e. The van der Waals surface area contributed by atoms with Crippen molar-refractivity contribution in [2.75, 3.05) is 18.5 Å². The van der Waals surface area contributed by atoms with E-state index >= 15 is 0 Å². The Morgan fingerprint density at radius 1 is 1.26 bits per heavy atom. The normalized spacial score (nSPS) is 11.2. The van der Waals surface area contributed by atoms with Crippen molar-refractivity contribution < 1.29 is 19.1 Å². The Hall–Kier alpha value is -2.83. The van der Waals surface area contributed by atoms with Crippen LogP contribution in [0.4, 0.5) is 5.82 Å². The molecule has 1 aromatic carbocycles. The molecule has 0 spiro atoms. The van der Waals surface area contributed by atoms with Gasteiger partial charge in [0.2, 0.25) is 0 Å². The van der Waals surface area contributed by atoms with Gasteiger partial charge in [-0.25, -0.2) is 4.79 Å². The Balaban J connectivity index is 2.11. The molecule has 1 N–H and O–H groups in total. The Morgan fingerprint density at radius 2 is 1.96 bits per heavy atom. The van der Waals surface area contributed by atoms with Crippen LogP contribution in [0.3, 0.4) is 0 Å². The van der Waals surface area contributed by atoms with Crippen molar-refractivity contribution >= 4 is 17.7 Å². The van der Waals surface area contributed by atoms with Crippen LogP contribution in [0.2, 0.25) is 0 Å². The number of nitrogens with zero attached hydrogens (tertiary/aromatic N) is 2. The molecule has 0 fully saturated rings. The zero-order valence-corrected chi connectivity index (χ0v) is 16.8. The number of benzene rings is 1. The van der Waals surface area contributed by atoms with Gasteiger partial charge in [0.15, 0.2) is 6.61 Å². The van der Waals surface area contributed by atoms with Gasteiger partial charge >= 0.3 is 5.97 Å². The molecule has 0 saturated carbocycles. The van der Waals surface area contributed by atoms with E-state index in [0.717, 1.165) is 11.1 Å². The summed E-state index contributed by atoms with van der Waals surface area (Å²) in [6.45, 7) is 10.1. The van der Waals surface area contributed by atoms with Gasteiger partial charge < -0.3 is 14.8 Å². The molecule has 0 radical (unpaired) electrons. The highest BCUT2D eigenvalue weighted by Gasteiger charge is 2.21. The second-order valence-electron chi connectivity index (χ2n) is 7.34. The second kappa shape index (κ2) is 8.24. The van der Waals surface area contributed by atoms with Crippen molar-refractivity contribution in [1.82, 2.24) is 9.78 Å². The first-order chi connectivity index (χ1) is 12.6. The molecule has 0 unspecified atom stereocenters. The molecule has 0 bridgehead atoms. The van der Waals surface area contributed by atoms with E-state index < -0.39 is 5.97 Å².